The summed E-state index contributed by atoms with van der Waals surface area (Å²) in [6, 6.07) is 4.22. The van der Waals surface area contributed by atoms with Crippen LogP contribution in [0.3, 0.4) is 0 Å². The van der Waals surface area contributed by atoms with Crippen LogP contribution in [0.4, 0.5) is 13.2 Å². The Labute approximate surface area is 117 Å². The van der Waals surface area contributed by atoms with Crippen LogP contribution in [-0.2, 0) is 11.6 Å². The lowest BCUT2D eigenvalue weighted by molar-refractivity contribution is -0.139. The summed E-state index contributed by atoms with van der Waals surface area (Å²) in [5.41, 5.74) is 5.03. The Morgan fingerprint density at radius 3 is 2.35 bits per heavy atom. The monoisotopic (exact) mass is 287 g/mol. The van der Waals surface area contributed by atoms with Crippen molar-refractivity contribution in [3.8, 4) is 5.75 Å². The van der Waals surface area contributed by atoms with Gasteiger partial charge in [0.25, 0.3) is 0 Å². The van der Waals surface area contributed by atoms with E-state index in [2.05, 4.69) is 0 Å². The highest BCUT2D eigenvalue weighted by Gasteiger charge is 2.42. The van der Waals surface area contributed by atoms with Crippen molar-refractivity contribution in [2.45, 2.75) is 43.7 Å². The van der Waals surface area contributed by atoms with Crippen molar-refractivity contribution < 1.29 is 17.9 Å². The molecule has 112 valence electrons. The fraction of sp³-hybridized carbons (Fsp3) is 0.600. The van der Waals surface area contributed by atoms with Crippen LogP contribution < -0.4 is 10.5 Å². The minimum absolute atomic E-state index is 0.226. The second kappa shape index (κ2) is 5.64. The van der Waals surface area contributed by atoms with E-state index in [0.29, 0.717) is 5.56 Å². The molecule has 1 saturated carbocycles. The van der Waals surface area contributed by atoms with Gasteiger partial charge in [-0.25, -0.2) is 0 Å². The van der Waals surface area contributed by atoms with Crippen molar-refractivity contribution in [3.05, 3.63) is 29.3 Å². The quantitative estimate of drug-likeness (QED) is 0.915. The first-order valence-corrected chi connectivity index (χ1v) is 6.89. The molecule has 0 heterocycles. The summed E-state index contributed by atoms with van der Waals surface area (Å²) >= 11 is 0. The van der Waals surface area contributed by atoms with Gasteiger partial charge in [-0.05, 0) is 30.5 Å². The zero-order chi connectivity index (χ0) is 14.8. The van der Waals surface area contributed by atoms with Gasteiger partial charge in [-0.15, -0.1) is 0 Å². The third kappa shape index (κ3) is 2.77. The zero-order valence-electron chi connectivity index (χ0n) is 11.6. The van der Waals surface area contributed by atoms with Crippen molar-refractivity contribution in [1.29, 1.82) is 0 Å². The Hall–Kier alpha value is -1.23. The molecule has 0 saturated heterocycles. The van der Waals surface area contributed by atoms with Gasteiger partial charge in [-0.2, -0.15) is 13.2 Å². The summed E-state index contributed by atoms with van der Waals surface area (Å²) in [6.07, 6.45) is -0.0123. The van der Waals surface area contributed by atoms with Crippen LogP contribution in [0.5, 0.6) is 5.75 Å². The third-order valence-electron chi connectivity index (χ3n) is 4.30. The van der Waals surface area contributed by atoms with Crippen LogP contribution in [0.15, 0.2) is 18.2 Å². The van der Waals surface area contributed by atoms with E-state index in [1.54, 1.807) is 12.1 Å². The van der Waals surface area contributed by atoms with E-state index in [9.17, 15) is 13.2 Å². The van der Waals surface area contributed by atoms with Gasteiger partial charge in [-0.1, -0.05) is 25.3 Å². The van der Waals surface area contributed by atoms with Gasteiger partial charge in [0, 0.05) is 12.0 Å². The predicted octanol–water partition coefficient (Wildman–Crippen LogP) is 3.87. The van der Waals surface area contributed by atoms with Crippen LogP contribution >= 0.6 is 0 Å². The van der Waals surface area contributed by atoms with E-state index in [1.165, 1.54) is 7.11 Å². The Bertz CT molecular complexity index is 465. The number of rotatable bonds is 3. The van der Waals surface area contributed by atoms with Crippen molar-refractivity contribution in [2.75, 3.05) is 13.7 Å². The second-order valence-electron chi connectivity index (χ2n) is 5.45. The molecule has 1 fully saturated rings. The summed E-state index contributed by atoms with van der Waals surface area (Å²) in [4.78, 5) is 0. The largest absolute Gasteiger partial charge is 0.497 e. The molecule has 1 aliphatic rings. The molecule has 0 atom stereocenters. The maximum absolute atomic E-state index is 13.3. The highest BCUT2D eigenvalue weighted by molar-refractivity contribution is 5.42. The Morgan fingerprint density at radius 2 is 1.85 bits per heavy atom. The fourth-order valence-electron chi connectivity index (χ4n) is 3.16. The topological polar surface area (TPSA) is 35.2 Å². The molecule has 0 spiro atoms. The number of methoxy groups -OCH3 is 1. The third-order valence-corrected chi connectivity index (χ3v) is 4.30. The highest BCUT2D eigenvalue weighted by atomic mass is 19.4. The molecule has 2 nitrogen and oxygen atoms in total. The lowest BCUT2D eigenvalue weighted by Crippen LogP contribution is -2.38. The van der Waals surface area contributed by atoms with Crippen LogP contribution in [0, 0.1) is 0 Å². The SMILES string of the molecule is COc1ccc(C2(CN)CCCCC2)c(C(F)(F)F)c1. The molecule has 0 aliphatic heterocycles. The molecule has 1 aromatic carbocycles. The van der Waals surface area contributed by atoms with E-state index in [1.807, 2.05) is 0 Å². The molecule has 2 rings (SSSR count). The number of nitrogens with two attached hydrogens (primary N) is 1. The average molecular weight is 287 g/mol. The first-order chi connectivity index (χ1) is 9.43. The molecule has 1 aromatic rings. The summed E-state index contributed by atoms with van der Waals surface area (Å²) in [7, 11) is 1.37. The number of ether oxygens (including phenoxy) is 1. The van der Waals surface area contributed by atoms with Crippen LogP contribution in [0.1, 0.15) is 43.2 Å². The Morgan fingerprint density at radius 1 is 1.20 bits per heavy atom. The van der Waals surface area contributed by atoms with Gasteiger partial charge in [0.1, 0.15) is 5.75 Å². The van der Waals surface area contributed by atoms with E-state index in [0.717, 1.165) is 38.2 Å². The minimum Gasteiger partial charge on any atom is -0.497 e. The highest BCUT2D eigenvalue weighted by Crippen LogP contribution is 2.45. The number of benzene rings is 1. The molecule has 0 radical (unpaired) electrons. The maximum Gasteiger partial charge on any atom is 0.416 e. The normalized spacial score (nSPS) is 18.9. The maximum atomic E-state index is 13.3. The van der Waals surface area contributed by atoms with Gasteiger partial charge >= 0.3 is 6.18 Å². The van der Waals surface area contributed by atoms with E-state index in [4.69, 9.17) is 10.5 Å². The molecule has 0 unspecified atom stereocenters. The first kappa shape index (κ1) is 15.2. The standard InChI is InChI=1S/C15H20F3NO/c1-20-11-5-6-12(13(9-11)15(16,17)18)14(10-19)7-3-2-4-8-14/h5-6,9H,2-4,7-8,10,19H2,1H3. The molecule has 2 N–H and O–H groups in total. The van der Waals surface area contributed by atoms with E-state index < -0.39 is 17.2 Å². The van der Waals surface area contributed by atoms with Gasteiger partial charge in [0.2, 0.25) is 0 Å². The molecular weight excluding hydrogens is 267 g/mol. The molecule has 0 aromatic heterocycles. The van der Waals surface area contributed by atoms with E-state index in [-0.39, 0.29) is 12.3 Å². The first-order valence-electron chi connectivity index (χ1n) is 6.89. The van der Waals surface area contributed by atoms with Crippen LogP contribution in [-0.4, -0.2) is 13.7 Å². The van der Waals surface area contributed by atoms with E-state index >= 15 is 0 Å². The molecular formula is C15H20F3NO. The van der Waals surface area contributed by atoms with Gasteiger partial charge in [0.05, 0.1) is 12.7 Å². The van der Waals surface area contributed by atoms with Crippen molar-refractivity contribution in [2.24, 2.45) is 5.73 Å². The number of hydrogen-bond donors (Lipinski definition) is 1. The molecule has 0 bridgehead atoms. The minimum atomic E-state index is -4.39. The van der Waals surface area contributed by atoms with Crippen molar-refractivity contribution >= 4 is 0 Å². The number of hydrogen-bond acceptors (Lipinski definition) is 2. The molecule has 20 heavy (non-hydrogen) atoms. The summed E-state index contributed by atoms with van der Waals surface area (Å²) < 4.78 is 44.9. The lowest BCUT2D eigenvalue weighted by Gasteiger charge is -2.38. The van der Waals surface area contributed by atoms with Crippen LogP contribution in [0.25, 0.3) is 0 Å². The average Bonchev–Trinajstić information content (AvgIpc) is 2.46. The van der Waals surface area contributed by atoms with Crippen LogP contribution in [0.2, 0.25) is 0 Å². The Kier molecular flexibility index (Phi) is 4.28. The Balaban J connectivity index is 2.54. The lowest BCUT2D eigenvalue weighted by atomic mass is 9.68. The van der Waals surface area contributed by atoms with Crippen molar-refractivity contribution in [3.63, 3.8) is 0 Å². The predicted molar refractivity (Wildman–Crippen MR) is 71.8 cm³/mol. The van der Waals surface area contributed by atoms with Gasteiger partial charge in [-0.3, -0.25) is 0 Å². The second-order valence-corrected chi connectivity index (χ2v) is 5.45. The number of alkyl halides is 3. The molecule has 5 heteroatoms. The summed E-state index contributed by atoms with van der Waals surface area (Å²) in [5, 5.41) is 0. The fourth-order valence-corrected chi connectivity index (χ4v) is 3.16. The smallest absolute Gasteiger partial charge is 0.416 e. The molecule has 1 aliphatic carbocycles. The number of halogens is 3. The van der Waals surface area contributed by atoms with Crippen molar-refractivity contribution in [1.82, 2.24) is 0 Å². The summed E-state index contributed by atoms with van der Waals surface area (Å²) in [5.74, 6) is 0.226. The summed E-state index contributed by atoms with van der Waals surface area (Å²) in [6.45, 7) is 0.252. The zero-order valence-corrected chi connectivity index (χ0v) is 11.6. The molecule has 0 amide bonds. The van der Waals surface area contributed by atoms with Gasteiger partial charge < -0.3 is 10.5 Å². The van der Waals surface area contributed by atoms with Gasteiger partial charge in [0.15, 0.2) is 0 Å².